The number of halogens is 2. The lowest BCUT2D eigenvalue weighted by atomic mass is 10.4. The van der Waals surface area contributed by atoms with Gasteiger partial charge in [0.1, 0.15) is 10.8 Å². The van der Waals surface area contributed by atoms with Gasteiger partial charge in [0.25, 0.3) is 5.92 Å². The third-order valence-electron chi connectivity index (χ3n) is 1.84. The molecule has 0 atom stereocenters. The van der Waals surface area contributed by atoms with Crippen LogP contribution in [0.5, 0.6) is 0 Å². The lowest BCUT2D eigenvalue weighted by Gasteiger charge is -2.13. The van der Waals surface area contributed by atoms with E-state index in [9.17, 15) is 22.0 Å². The second kappa shape index (κ2) is 5.26. The van der Waals surface area contributed by atoms with Crippen molar-refractivity contribution in [2.24, 2.45) is 0 Å². The maximum atomic E-state index is 12.7. The van der Waals surface area contributed by atoms with Gasteiger partial charge in [-0.25, -0.2) is 26.7 Å². The molecule has 0 fully saturated rings. The molecule has 0 spiro atoms. The standard InChI is InChI=1S/C8H9F2NO5S2/c9-8(10,4-12)3-11-18(15,16)6-1-5(2-17-6)7(13)14/h1-2,11-12H,3-4H2,(H,13,14). The number of carboxylic acid groups (broad SMARTS) is 1. The predicted molar refractivity (Wildman–Crippen MR) is 58.5 cm³/mol. The highest BCUT2D eigenvalue weighted by atomic mass is 32.2. The van der Waals surface area contributed by atoms with Crippen molar-refractivity contribution in [1.82, 2.24) is 4.72 Å². The van der Waals surface area contributed by atoms with Crippen LogP contribution in [-0.2, 0) is 10.0 Å². The molecule has 1 aromatic rings. The zero-order chi connectivity index (χ0) is 14.0. The van der Waals surface area contributed by atoms with Crippen molar-refractivity contribution in [1.29, 1.82) is 0 Å². The van der Waals surface area contributed by atoms with E-state index in [1.54, 1.807) is 4.72 Å². The first-order chi connectivity index (χ1) is 8.18. The Hall–Kier alpha value is -1.10. The maximum absolute atomic E-state index is 12.7. The lowest BCUT2D eigenvalue weighted by Crippen LogP contribution is -2.38. The van der Waals surface area contributed by atoms with Gasteiger partial charge < -0.3 is 10.2 Å². The van der Waals surface area contributed by atoms with Crippen molar-refractivity contribution in [2.75, 3.05) is 13.2 Å². The first kappa shape index (κ1) is 15.0. The van der Waals surface area contributed by atoms with Crippen LogP contribution in [0.25, 0.3) is 0 Å². The minimum atomic E-state index is -4.20. The Morgan fingerprint density at radius 1 is 1.50 bits per heavy atom. The topological polar surface area (TPSA) is 104 Å². The van der Waals surface area contributed by atoms with Gasteiger partial charge in [0, 0.05) is 5.38 Å². The van der Waals surface area contributed by atoms with Gasteiger partial charge in [-0.15, -0.1) is 11.3 Å². The Morgan fingerprint density at radius 2 is 2.11 bits per heavy atom. The first-order valence-electron chi connectivity index (χ1n) is 4.48. The number of carboxylic acids is 1. The van der Waals surface area contributed by atoms with Gasteiger partial charge in [-0.1, -0.05) is 0 Å². The quantitative estimate of drug-likeness (QED) is 0.703. The van der Waals surface area contributed by atoms with Crippen LogP contribution in [0.1, 0.15) is 10.4 Å². The third kappa shape index (κ3) is 3.70. The van der Waals surface area contributed by atoms with Crippen molar-refractivity contribution >= 4 is 27.3 Å². The van der Waals surface area contributed by atoms with Gasteiger partial charge in [0.15, 0.2) is 0 Å². The molecule has 18 heavy (non-hydrogen) atoms. The Bertz CT molecular complexity index is 539. The summed E-state index contributed by atoms with van der Waals surface area (Å²) in [6.07, 6.45) is 0. The van der Waals surface area contributed by atoms with E-state index < -0.39 is 35.1 Å². The number of aliphatic hydroxyl groups excluding tert-OH is 1. The van der Waals surface area contributed by atoms with E-state index in [2.05, 4.69) is 0 Å². The molecular weight excluding hydrogens is 292 g/mol. The molecule has 6 nitrogen and oxygen atoms in total. The van der Waals surface area contributed by atoms with E-state index in [0.29, 0.717) is 11.3 Å². The summed E-state index contributed by atoms with van der Waals surface area (Å²) >= 11 is 0.604. The van der Waals surface area contributed by atoms with Gasteiger partial charge >= 0.3 is 5.97 Å². The van der Waals surface area contributed by atoms with E-state index in [1.165, 1.54) is 0 Å². The number of hydrogen-bond donors (Lipinski definition) is 3. The molecule has 0 aliphatic rings. The molecule has 10 heteroatoms. The van der Waals surface area contributed by atoms with Crippen LogP contribution >= 0.6 is 11.3 Å². The zero-order valence-electron chi connectivity index (χ0n) is 8.76. The Kier molecular flexibility index (Phi) is 4.37. The molecule has 0 bridgehead atoms. The van der Waals surface area contributed by atoms with Gasteiger partial charge in [0.05, 0.1) is 12.1 Å². The number of carbonyl (C=O) groups is 1. The van der Waals surface area contributed by atoms with Crippen LogP contribution in [0.15, 0.2) is 15.7 Å². The maximum Gasteiger partial charge on any atom is 0.336 e. The Labute approximate surface area is 105 Å². The molecule has 0 unspecified atom stereocenters. The Morgan fingerprint density at radius 3 is 2.56 bits per heavy atom. The SMILES string of the molecule is O=C(O)c1csc(S(=O)(=O)NCC(F)(F)CO)c1. The molecule has 0 aliphatic carbocycles. The highest BCUT2D eigenvalue weighted by Crippen LogP contribution is 2.21. The van der Waals surface area contributed by atoms with E-state index in [-0.39, 0.29) is 9.77 Å². The van der Waals surface area contributed by atoms with Crippen molar-refractivity contribution < 1.29 is 32.2 Å². The van der Waals surface area contributed by atoms with Crippen LogP contribution in [-0.4, -0.2) is 43.7 Å². The summed E-state index contributed by atoms with van der Waals surface area (Å²) in [7, 11) is -4.20. The predicted octanol–water partition coefficient (Wildman–Crippen LogP) is 0.352. The van der Waals surface area contributed by atoms with E-state index in [0.717, 1.165) is 11.4 Å². The number of sulfonamides is 1. The van der Waals surface area contributed by atoms with Crippen molar-refractivity contribution in [3.8, 4) is 0 Å². The van der Waals surface area contributed by atoms with E-state index in [4.69, 9.17) is 10.2 Å². The number of aliphatic hydroxyl groups is 1. The number of rotatable bonds is 6. The molecule has 3 N–H and O–H groups in total. The number of alkyl halides is 2. The molecule has 1 heterocycles. The zero-order valence-corrected chi connectivity index (χ0v) is 10.4. The summed E-state index contributed by atoms with van der Waals surface area (Å²) < 4.78 is 49.6. The number of nitrogens with one attached hydrogen (secondary N) is 1. The highest BCUT2D eigenvalue weighted by Gasteiger charge is 2.30. The summed E-state index contributed by atoms with van der Waals surface area (Å²) in [4.78, 5) is 10.5. The molecule has 0 aliphatic heterocycles. The summed E-state index contributed by atoms with van der Waals surface area (Å²) in [6, 6.07) is 0.867. The van der Waals surface area contributed by atoms with Gasteiger partial charge in [-0.2, -0.15) is 0 Å². The van der Waals surface area contributed by atoms with Crippen LogP contribution in [0, 0.1) is 0 Å². The van der Waals surface area contributed by atoms with Crippen LogP contribution in [0.4, 0.5) is 8.78 Å². The molecule has 0 saturated heterocycles. The molecule has 0 radical (unpaired) electrons. The minimum Gasteiger partial charge on any atom is -0.478 e. The molecular formula is C8H9F2NO5S2. The summed E-state index contributed by atoms with van der Waals surface area (Å²) in [5, 5.41) is 18.0. The molecule has 0 amide bonds. The molecule has 102 valence electrons. The number of hydrogen-bond acceptors (Lipinski definition) is 5. The fraction of sp³-hybridized carbons (Fsp3) is 0.375. The van der Waals surface area contributed by atoms with Crippen LogP contribution in [0.3, 0.4) is 0 Å². The summed E-state index contributed by atoms with van der Waals surface area (Å²) in [5.74, 6) is -4.88. The smallest absolute Gasteiger partial charge is 0.336 e. The average Bonchev–Trinajstić information content (AvgIpc) is 2.77. The van der Waals surface area contributed by atoms with Crippen LogP contribution < -0.4 is 4.72 Å². The molecule has 0 aromatic carbocycles. The number of thiophene rings is 1. The van der Waals surface area contributed by atoms with Gasteiger partial charge in [-0.05, 0) is 6.07 Å². The van der Waals surface area contributed by atoms with Gasteiger partial charge in [0.2, 0.25) is 10.0 Å². The first-order valence-corrected chi connectivity index (χ1v) is 6.84. The number of aromatic carboxylic acids is 1. The highest BCUT2D eigenvalue weighted by molar-refractivity contribution is 7.91. The normalized spacial score (nSPS) is 12.6. The van der Waals surface area contributed by atoms with Crippen molar-refractivity contribution in [3.63, 3.8) is 0 Å². The second-order valence-corrected chi connectivity index (χ2v) is 6.20. The summed E-state index contributed by atoms with van der Waals surface area (Å²) in [5.41, 5.74) is -0.241. The largest absolute Gasteiger partial charge is 0.478 e. The summed E-state index contributed by atoms with van der Waals surface area (Å²) in [6.45, 7) is -2.74. The van der Waals surface area contributed by atoms with Gasteiger partial charge in [-0.3, -0.25) is 0 Å². The molecule has 1 rings (SSSR count). The fourth-order valence-corrected chi connectivity index (χ4v) is 3.16. The molecule has 0 saturated carbocycles. The Balaban J connectivity index is 2.83. The monoisotopic (exact) mass is 301 g/mol. The fourth-order valence-electron chi connectivity index (χ4n) is 0.897. The van der Waals surface area contributed by atoms with E-state index >= 15 is 0 Å². The lowest BCUT2D eigenvalue weighted by molar-refractivity contribution is -0.0437. The second-order valence-electron chi connectivity index (χ2n) is 3.30. The minimum absolute atomic E-state index is 0.241. The van der Waals surface area contributed by atoms with Crippen molar-refractivity contribution in [3.05, 3.63) is 17.0 Å². The third-order valence-corrected chi connectivity index (χ3v) is 4.68. The van der Waals surface area contributed by atoms with Crippen molar-refractivity contribution in [2.45, 2.75) is 10.1 Å². The average molecular weight is 301 g/mol. The van der Waals surface area contributed by atoms with E-state index in [1.807, 2.05) is 0 Å². The van der Waals surface area contributed by atoms with Crippen LogP contribution in [0.2, 0.25) is 0 Å². The molecule has 1 aromatic heterocycles.